The fraction of sp³-hybridized carbons (Fsp3) is 0.350. The van der Waals surface area contributed by atoms with Crippen LogP contribution in [0.25, 0.3) is 0 Å². The van der Waals surface area contributed by atoms with Gasteiger partial charge in [-0.05, 0) is 43.0 Å². The largest absolute Gasteiger partial charge is 0.345 e. The quantitative estimate of drug-likeness (QED) is 0.801. The molecule has 1 aliphatic heterocycles. The Morgan fingerprint density at radius 3 is 2.54 bits per heavy atom. The Hall–Kier alpha value is -2.19. The third-order valence-electron chi connectivity index (χ3n) is 4.78. The summed E-state index contributed by atoms with van der Waals surface area (Å²) in [5.74, 6) is -0.533. The molecule has 0 unspecified atom stereocenters. The average molecular weight is 422 g/mol. The maximum Gasteiger partial charge on any atom is 0.253 e. The van der Waals surface area contributed by atoms with Crippen LogP contribution in [0.15, 0.2) is 58.3 Å². The molecule has 0 aliphatic carbocycles. The van der Waals surface area contributed by atoms with E-state index < -0.39 is 31.6 Å². The molecule has 150 valence electrons. The van der Waals surface area contributed by atoms with Crippen LogP contribution in [0.5, 0.6) is 0 Å². The smallest absolute Gasteiger partial charge is 0.253 e. The van der Waals surface area contributed by atoms with Gasteiger partial charge in [-0.3, -0.25) is 4.79 Å². The Morgan fingerprint density at radius 2 is 1.79 bits per heavy atom. The Kier molecular flexibility index (Phi) is 5.90. The van der Waals surface area contributed by atoms with E-state index in [0.717, 1.165) is 0 Å². The molecular weight excluding hydrogens is 398 g/mol. The van der Waals surface area contributed by atoms with E-state index in [4.69, 9.17) is 0 Å². The molecule has 6 nitrogen and oxygen atoms in total. The van der Waals surface area contributed by atoms with Gasteiger partial charge in [0.25, 0.3) is 5.91 Å². The number of sulfone groups is 2. The molecule has 1 atom stereocenters. The Morgan fingerprint density at radius 1 is 1.11 bits per heavy atom. The van der Waals surface area contributed by atoms with E-state index in [9.17, 15) is 21.6 Å². The molecule has 2 aromatic rings. The van der Waals surface area contributed by atoms with E-state index in [-0.39, 0.29) is 26.9 Å². The van der Waals surface area contributed by atoms with Crippen molar-refractivity contribution in [3.8, 4) is 0 Å². The van der Waals surface area contributed by atoms with Crippen molar-refractivity contribution in [2.45, 2.75) is 42.0 Å². The zero-order chi connectivity index (χ0) is 20.4. The molecule has 2 aromatic carbocycles. The third kappa shape index (κ3) is 4.12. The zero-order valence-corrected chi connectivity index (χ0v) is 17.2. The van der Waals surface area contributed by atoms with E-state index in [1.165, 1.54) is 12.1 Å². The Balaban J connectivity index is 1.97. The molecule has 1 heterocycles. The van der Waals surface area contributed by atoms with Gasteiger partial charge in [0.05, 0.1) is 32.9 Å². The number of carbonyl (C=O) groups excluding carboxylic acids is 1. The van der Waals surface area contributed by atoms with Crippen LogP contribution in [0.4, 0.5) is 0 Å². The predicted molar refractivity (Wildman–Crippen MR) is 107 cm³/mol. The first-order chi connectivity index (χ1) is 13.3. The summed E-state index contributed by atoms with van der Waals surface area (Å²) in [6.07, 6.45) is 1.33. The lowest BCUT2D eigenvalue weighted by Crippen LogP contribution is -2.30. The fourth-order valence-electron chi connectivity index (χ4n) is 3.48. The van der Waals surface area contributed by atoms with Crippen LogP contribution in [-0.4, -0.2) is 34.2 Å². The van der Waals surface area contributed by atoms with Crippen molar-refractivity contribution in [3.05, 3.63) is 59.7 Å². The van der Waals surface area contributed by atoms with Crippen LogP contribution in [0.3, 0.4) is 0 Å². The summed E-state index contributed by atoms with van der Waals surface area (Å²) in [7, 11) is -6.97. The van der Waals surface area contributed by atoms with Crippen LogP contribution in [-0.2, 0) is 19.7 Å². The van der Waals surface area contributed by atoms with Gasteiger partial charge in [0, 0.05) is 0 Å². The molecular formula is C20H23NO5S2. The summed E-state index contributed by atoms with van der Waals surface area (Å²) in [5.41, 5.74) is 0.628. The van der Waals surface area contributed by atoms with Crippen molar-refractivity contribution in [2.75, 3.05) is 11.5 Å². The summed E-state index contributed by atoms with van der Waals surface area (Å²) < 4.78 is 50.0. The van der Waals surface area contributed by atoms with E-state index in [2.05, 4.69) is 5.32 Å². The van der Waals surface area contributed by atoms with Gasteiger partial charge in [-0.1, -0.05) is 37.3 Å². The maximum atomic E-state index is 12.9. The van der Waals surface area contributed by atoms with Gasteiger partial charge in [-0.15, -0.1) is 0 Å². The number of nitrogens with one attached hydrogen (secondary N) is 1. The SMILES string of the molecule is CCCS(=O)(=O)c1ccccc1C(=O)N[C@@H]1CCCS(=O)(=O)c2ccccc21. The van der Waals surface area contributed by atoms with E-state index >= 15 is 0 Å². The molecule has 8 heteroatoms. The molecule has 28 heavy (non-hydrogen) atoms. The lowest BCUT2D eigenvalue weighted by Gasteiger charge is -2.20. The van der Waals surface area contributed by atoms with Gasteiger partial charge in [0.15, 0.2) is 19.7 Å². The molecule has 0 spiro atoms. The number of carbonyl (C=O) groups is 1. The average Bonchev–Trinajstić information content (AvgIpc) is 2.78. The van der Waals surface area contributed by atoms with Gasteiger partial charge < -0.3 is 5.32 Å². The summed E-state index contributed by atoms with van der Waals surface area (Å²) >= 11 is 0. The van der Waals surface area contributed by atoms with Gasteiger partial charge >= 0.3 is 0 Å². The minimum absolute atomic E-state index is 0.00359. The lowest BCUT2D eigenvalue weighted by molar-refractivity contribution is 0.0931. The number of fused-ring (bicyclic) bond motifs is 1. The molecule has 0 aromatic heterocycles. The molecule has 0 fully saturated rings. The standard InChI is InChI=1S/C20H23NO5S2/c1-2-13-27(23,24)19-12-6-4-9-16(19)20(22)21-17-10-7-14-28(25,26)18-11-5-3-8-15(17)18/h3-6,8-9,11-12,17H,2,7,10,13-14H2,1H3,(H,21,22)/t17-/m1/s1. The topological polar surface area (TPSA) is 97.4 Å². The van der Waals surface area contributed by atoms with Crippen molar-refractivity contribution < 1.29 is 21.6 Å². The first-order valence-electron chi connectivity index (χ1n) is 9.20. The van der Waals surface area contributed by atoms with Crippen LogP contribution >= 0.6 is 0 Å². The van der Waals surface area contributed by atoms with Gasteiger partial charge in [-0.2, -0.15) is 0 Å². The van der Waals surface area contributed by atoms with E-state index in [0.29, 0.717) is 24.8 Å². The summed E-state index contributed by atoms with van der Waals surface area (Å²) in [6.45, 7) is 1.77. The van der Waals surface area contributed by atoms with Crippen LogP contribution < -0.4 is 5.32 Å². The highest BCUT2D eigenvalue weighted by molar-refractivity contribution is 7.91. The van der Waals surface area contributed by atoms with Crippen LogP contribution in [0, 0.1) is 0 Å². The normalized spacial score (nSPS) is 18.7. The Labute approximate surface area is 165 Å². The summed E-state index contributed by atoms with van der Waals surface area (Å²) in [5, 5.41) is 2.86. The number of benzene rings is 2. The molecule has 3 rings (SSSR count). The fourth-order valence-corrected chi connectivity index (χ4v) is 6.65. The first-order valence-corrected chi connectivity index (χ1v) is 12.5. The van der Waals surface area contributed by atoms with Crippen molar-refractivity contribution in [2.24, 2.45) is 0 Å². The predicted octanol–water partition coefficient (Wildman–Crippen LogP) is 2.91. The summed E-state index contributed by atoms with van der Waals surface area (Å²) in [6, 6.07) is 12.3. The zero-order valence-electron chi connectivity index (χ0n) is 15.6. The number of amides is 1. The lowest BCUT2D eigenvalue weighted by atomic mass is 10.0. The van der Waals surface area contributed by atoms with Crippen molar-refractivity contribution in [3.63, 3.8) is 0 Å². The van der Waals surface area contributed by atoms with Crippen molar-refractivity contribution >= 4 is 25.6 Å². The maximum absolute atomic E-state index is 12.9. The minimum Gasteiger partial charge on any atom is -0.345 e. The highest BCUT2D eigenvalue weighted by Gasteiger charge is 2.29. The molecule has 0 saturated carbocycles. The third-order valence-corrected chi connectivity index (χ3v) is 8.62. The van der Waals surface area contributed by atoms with E-state index in [1.807, 2.05) is 0 Å². The molecule has 0 radical (unpaired) electrons. The minimum atomic E-state index is -3.57. The molecule has 1 amide bonds. The van der Waals surface area contributed by atoms with E-state index in [1.54, 1.807) is 43.3 Å². The number of hydrogen-bond acceptors (Lipinski definition) is 5. The monoisotopic (exact) mass is 421 g/mol. The number of hydrogen-bond donors (Lipinski definition) is 1. The van der Waals surface area contributed by atoms with Crippen molar-refractivity contribution in [1.82, 2.24) is 5.32 Å². The van der Waals surface area contributed by atoms with Gasteiger partial charge in [0.2, 0.25) is 0 Å². The number of rotatable bonds is 5. The summed E-state index contributed by atoms with van der Waals surface area (Å²) in [4.78, 5) is 13.2. The molecule has 0 bridgehead atoms. The second-order valence-electron chi connectivity index (χ2n) is 6.84. The molecule has 1 N–H and O–H groups in total. The second kappa shape index (κ2) is 8.05. The Bertz CT molecular complexity index is 1090. The highest BCUT2D eigenvalue weighted by atomic mass is 32.2. The van der Waals surface area contributed by atoms with Gasteiger partial charge in [-0.25, -0.2) is 16.8 Å². The van der Waals surface area contributed by atoms with Gasteiger partial charge in [0.1, 0.15) is 0 Å². The second-order valence-corrected chi connectivity index (χ2v) is 11.0. The highest BCUT2D eigenvalue weighted by Crippen LogP contribution is 2.31. The van der Waals surface area contributed by atoms with Crippen LogP contribution in [0.1, 0.15) is 48.1 Å². The molecule has 1 aliphatic rings. The first kappa shape index (κ1) is 20.5. The molecule has 0 saturated heterocycles. The van der Waals surface area contributed by atoms with Crippen LogP contribution in [0.2, 0.25) is 0 Å². The van der Waals surface area contributed by atoms with Crippen molar-refractivity contribution in [1.29, 1.82) is 0 Å².